The molecule has 2 aromatic rings. The van der Waals surface area contributed by atoms with Crippen molar-refractivity contribution in [2.45, 2.75) is 31.6 Å². The lowest BCUT2D eigenvalue weighted by atomic mass is 10.0. The average Bonchev–Trinajstić information content (AvgIpc) is 2.60. The highest BCUT2D eigenvalue weighted by atomic mass is 19.4. The van der Waals surface area contributed by atoms with E-state index < -0.39 is 11.9 Å². The maximum atomic E-state index is 12.7. The molecule has 0 spiro atoms. The number of aromatic nitrogens is 4. The topological polar surface area (TPSA) is 75.9 Å². The lowest BCUT2D eigenvalue weighted by molar-refractivity contribution is -0.141. The summed E-state index contributed by atoms with van der Waals surface area (Å²) in [6.07, 6.45) is -0.526. The first-order valence-corrected chi connectivity index (χ1v) is 8.22. The molecule has 1 fully saturated rings. The van der Waals surface area contributed by atoms with E-state index in [0.29, 0.717) is 6.54 Å². The minimum atomic E-state index is -4.48. The maximum Gasteiger partial charge on any atom is 0.433 e. The molecule has 140 valence electrons. The van der Waals surface area contributed by atoms with Gasteiger partial charge in [-0.05, 0) is 18.9 Å². The number of nitrogens with zero attached hydrogens (tertiary/aromatic N) is 5. The molecule has 1 saturated heterocycles. The van der Waals surface area contributed by atoms with Crippen LogP contribution >= 0.6 is 0 Å². The monoisotopic (exact) mass is 368 g/mol. The second kappa shape index (κ2) is 7.40. The van der Waals surface area contributed by atoms with Gasteiger partial charge in [-0.1, -0.05) is 0 Å². The van der Waals surface area contributed by atoms with E-state index in [1.165, 1.54) is 10.8 Å². The predicted octanol–water partition coefficient (Wildman–Crippen LogP) is 1.67. The smallest absolute Gasteiger partial charge is 0.367 e. The van der Waals surface area contributed by atoms with Crippen molar-refractivity contribution in [3.63, 3.8) is 0 Å². The normalized spacial score (nSPS) is 16.6. The molecule has 3 heterocycles. The van der Waals surface area contributed by atoms with Gasteiger partial charge in [0.1, 0.15) is 17.8 Å². The summed E-state index contributed by atoms with van der Waals surface area (Å²) in [4.78, 5) is 24.6. The van der Waals surface area contributed by atoms with Gasteiger partial charge in [-0.25, -0.2) is 19.7 Å². The lowest BCUT2D eigenvalue weighted by Gasteiger charge is -2.32. The van der Waals surface area contributed by atoms with Crippen LogP contribution in [0.15, 0.2) is 29.5 Å². The number of hydrogen-bond donors (Lipinski definition) is 1. The average molecular weight is 368 g/mol. The van der Waals surface area contributed by atoms with Crippen molar-refractivity contribution in [1.82, 2.24) is 24.4 Å². The zero-order valence-electron chi connectivity index (χ0n) is 14.2. The highest BCUT2D eigenvalue weighted by molar-refractivity contribution is 5.36. The summed E-state index contributed by atoms with van der Waals surface area (Å²) in [6, 6.07) is 2.79. The van der Waals surface area contributed by atoms with Gasteiger partial charge >= 0.3 is 11.9 Å². The maximum absolute atomic E-state index is 12.7. The van der Waals surface area contributed by atoms with E-state index in [1.54, 1.807) is 7.05 Å². The molecular weight excluding hydrogens is 349 g/mol. The number of rotatable bonds is 4. The molecule has 3 rings (SSSR count). The molecule has 7 nitrogen and oxygen atoms in total. The zero-order valence-corrected chi connectivity index (χ0v) is 14.2. The Bertz CT molecular complexity index is 814. The molecule has 0 aromatic carbocycles. The number of alkyl halides is 3. The first-order valence-electron chi connectivity index (χ1n) is 8.22. The summed E-state index contributed by atoms with van der Waals surface area (Å²) in [6.45, 7) is 2.17. The van der Waals surface area contributed by atoms with E-state index in [4.69, 9.17) is 0 Å². The fourth-order valence-corrected chi connectivity index (χ4v) is 2.93. The van der Waals surface area contributed by atoms with E-state index in [0.717, 1.165) is 44.0 Å². The third kappa shape index (κ3) is 4.37. The Hall–Kier alpha value is -2.49. The van der Waals surface area contributed by atoms with Gasteiger partial charge in [0.25, 0.3) is 0 Å². The lowest BCUT2D eigenvalue weighted by Crippen LogP contribution is -2.39. The van der Waals surface area contributed by atoms with Crippen molar-refractivity contribution in [3.05, 3.63) is 46.5 Å². The molecule has 0 atom stereocenters. The highest BCUT2D eigenvalue weighted by Gasteiger charge is 2.33. The molecule has 0 radical (unpaired) electrons. The van der Waals surface area contributed by atoms with Crippen molar-refractivity contribution >= 4 is 5.82 Å². The Balaban J connectivity index is 1.56. The molecule has 10 heteroatoms. The van der Waals surface area contributed by atoms with Gasteiger partial charge in [-0.15, -0.1) is 0 Å². The van der Waals surface area contributed by atoms with Crippen LogP contribution in [-0.2, 0) is 19.8 Å². The fourth-order valence-electron chi connectivity index (χ4n) is 2.93. The van der Waals surface area contributed by atoms with Crippen LogP contribution in [-0.4, -0.2) is 43.6 Å². The molecule has 1 aliphatic rings. The number of nitrogens with one attached hydrogen (secondary N) is 1. The summed E-state index contributed by atoms with van der Waals surface area (Å²) < 4.78 is 39.7. The van der Waals surface area contributed by atoms with E-state index in [2.05, 4.69) is 25.2 Å². The fraction of sp³-hybridized carbons (Fsp3) is 0.500. The molecule has 0 amide bonds. The number of likely N-dealkylation sites (tertiary alicyclic amines) is 1. The Morgan fingerprint density at radius 3 is 2.65 bits per heavy atom. The van der Waals surface area contributed by atoms with Crippen LogP contribution in [0.3, 0.4) is 0 Å². The van der Waals surface area contributed by atoms with Gasteiger partial charge < -0.3 is 5.32 Å². The molecule has 1 aliphatic heterocycles. The summed E-state index contributed by atoms with van der Waals surface area (Å²) in [5.74, 6) is 0.183. The van der Waals surface area contributed by atoms with Gasteiger partial charge in [0.05, 0.1) is 0 Å². The molecule has 26 heavy (non-hydrogen) atoms. The Kier molecular flexibility index (Phi) is 5.21. The molecule has 0 unspecified atom stereocenters. The first kappa shape index (κ1) is 18.3. The number of halogens is 3. The van der Waals surface area contributed by atoms with Crippen LogP contribution < -0.4 is 11.0 Å². The standard InChI is InChI=1S/C16H19F3N6O/c1-24-12(2-5-20-15(24)26)9-25-6-3-11(4-7-25)23-14-8-13(16(17,18)19)21-10-22-14/h2,5,8,10-11H,3-4,6-7,9H2,1H3,(H,21,22,23). The summed E-state index contributed by atoms with van der Waals surface area (Å²) in [7, 11) is 1.69. The van der Waals surface area contributed by atoms with Gasteiger partial charge in [-0.2, -0.15) is 13.2 Å². The molecule has 2 aromatic heterocycles. The van der Waals surface area contributed by atoms with E-state index >= 15 is 0 Å². The molecule has 0 aliphatic carbocycles. The van der Waals surface area contributed by atoms with E-state index in [-0.39, 0.29) is 17.5 Å². The van der Waals surface area contributed by atoms with Crippen LogP contribution in [0.25, 0.3) is 0 Å². The van der Waals surface area contributed by atoms with Gasteiger partial charge in [0, 0.05) is 50.7 Å². The quantitative estimate of drug-likeness (QED) is 0.885. The second-order valence-electron chi connectivity index (χ2n) is 6.26. The van der Waals surface area contributed by atoms with Crippen LogP contribution in [0, 0.1) is 0 Å². The van der Waals surface area contributed by atoms with Crippen molar-refractivity contribution in [2.24, 2.45) is 7.05 Å². The van der Waals surface area contributed by atoms with Gasteiger partial charge in [-0.3, -0.25) is 9.47 Å². The largest absolute Gasteiger partial charge is 0.433 e. The van der Waals surface area contributed by atoms with Crippen molar-refractivity contribution in [1.29, 1.82) is 0 Å². The molecular formula is C16H19F3N6O. The van der Waals surface area contributed by atoms with Crippen LogP contribution in [0.5, 0.6) is 0 Å². The molecule has 1 N–H and O–H groups in total. The van der Waals surface area contributed by atoms with Crippen molar-refractivity contribution in [2.75, 3.05) is 18.4 Å². The summed E-state index contributed by atoms with van der Waals surface area (Å²) in [5, 5.41) is 3.06. The van der Waals surface area contributed by atoms with Crippen LogP contribution in [0.4, 0.5) is 19.0 Å². The van der Waals surface area contributed by atoms with Gasteiger partial charge in [0.2, 0.25) is 0 Å². The third-order valence-corrected chi connectivity index (χ3v) is 4.45. The zero-order chi connectivity index (χ0) is 18.7. The minimum absolute atomic E-state index is 0.0449. The Morgan fingerprint density at radius 2 is 1.96 bits per heavy atom. The highest BCUT2D eigenvalue weighted by Crippen LogP contribution is 2.28. The number of hydrogen-bond acceptors (Lipinski definition) is 6. The molecule has 0 bridgehead atoms. The first-order chi connectivity index (χ1) is 12.3. The van der Waals surface area contributed by atoms with Gasteiger partial charge in [0.15, 0.2) is 0 Å². The van der Waals surface area contributed by atoms with Crippen molar-refractivity contribution < 1.29 is 13.2 Å². The SMILES string of the molecule is Cn1c(CN2CCC(Nc3cc(C(F)(F)F)ncn3)CC2)ccnc1=O. The van der Waals surface area contributed by atoms with Crippen molar-refractivity contribution in [3.8, 4) is 0 Å². The minimum Gasteiger partial charge on any atom is -0.367 e. The summed E-state index contributed by atoms with van der Waals surface area (Å²) >= 11 is 0. The van der Waals surface area contributed by atoms with E-state index in [1.807, 2.05) is 6.07 Å². The predicted molar refractivity (Wildman–Crippen MR) is 88.4 cm³/mol. The molecule has 0 saturated carbocycles. The number of piperidine rings is 1. The summed E-state index contributed by atoms with van der Waals surface area (Å²) in [5.41, 5.74) is -0.364. The van der Waals surface area contributed by atoms with Crippen LogP contribution in [0.1, 0.15) is 24.2 Å². The van der Waals surface area contributed by atoms with Crippen LogP contribution in [0.2, 0.25) is 0 Å². The Morgan fingerprint density at radius 1 is 1.23 bits per heavy atom. The Labute approximate surface area is 147 Å². The number of anilines is 1. The second-order valence-corrected chi connectivity index (χ2v) is 6.26. The van der Waals surface area contributed by atoms with E-state index in [9.17, 15) is 18.0 Å². The third-order valence-electron chi connectivity index (χ3n) is 4.45.